The van der Waals surface area contributed by atoms with Crippen molar-refractivity contribution in [2.45, 2.75) is 51.0 Å². The van der Waals surface area contributed by atoms with Crippen molar-refractivity contribution in [3.8, 4) is 34.0 Å². The number of fused-ring (bicyclic) bond motifs is 1. The summed E-state index contributed by atoms with van der Waals surface area (Å²) in [5, 5.41) is 12.5. The molecule has 0 bridgehead atoms. The number of aryl methyl sites for hydroxylation is 2. The maximum absolute atomic E-state index is 17.0. The number of halogens is 1. The Morgan fingerprint density at radius 1 is 0.722 bits per heavy atom. The van der Waals surface area contributed by atoms with E-state index >= 15 is 4.39 Å². The number of pyridine rings is 2. The summed E-state index contributed by atoms with van der Waals surface area (Å²) < 4.78 is 27.0. The highest BCUT2D eigenvalue weighted by Gasteiger charge is 2.36. The number of nitrogens with one attached hydrogen (secondary N) is 1. The molecule has 19 heteroatoms. The van der Waals surface area contributed by atoms with Crippen molar-refractivity contribution in [1.29, 1.82) is 0 Å². The molecule has 1 unspecified atom stereocenters. The summed E-state index contributed by atoms with van der Waals surface area (Å²) >= 11 is 0. The van der Waals surface area contributed by atoms with E-state index in [4.69, 9.17) is 14.8 Å². The average molecular weight is 974 g/mol. The van der Waals surface area contributed by atoms with Crippen molar-refractivity contribution in [1.82, 2.24) is 44.3 Å². The van der Waals surface area contributed by atoms with Gasteiger partial charge in [-0.25, -0.2) is 28.2 Å². The Morgan fingerprint density at radius 2 is 1.50 bits per heavy atom. The molecule has 0 saturated carbocycles. The molecule has 1 N–H and O–H groups in total. The summed E-state index contributed by atoms with van der Waals surface area (Å²) in [5.41, 5.74) is 7.60. The molecular weight excluding hydrogens is 918 g/mol. The van der Waals surface area contributed by atoms with Crippen molar-refractivity contribution in [3.05, 3.63) is 119 Å². The highest BCUT2D eigenvalue weighted by Crippen LogP contribution is 2.42. The topological polar surface area (TPSA) is 172 Å². The van der Waals surface area contributed by atoms with Gasteiger partial charge < -0.3 is 14.5 Å². The van der Waals surface area contributed by atoms with Crippen LogP contribution in [0.5, 0.6) is 6.01 Å². The van der Waals surface area contributed by atoms with Crippen LogP contribution in [0.4, 0.5) is 32.1 Å². The number of para-hydroxylation sites is 1. The molecule has 4 aliphatic rings. The Bertz CT molecular complexity index is 3300. The number of carbonyl (C=O) groups is 3. The molecule has 72 heavy (non-hydrogen) atoms. The van der Waals surface area contributed by atoms with Crippen LogP contribution in [-0.4, -0.2) is 122 Å². The minimum absolute atomic E-state index is 0.0953. The molecule has 4 amide bonds. The number of benzene rings is 3. The summed E-state index contributed by atoms with van der Waals surface area (Å²) in [6.45, 7) is 7.96. The van der Waals surface area contributed by atoms with Crippen molar-refractivity contribution in [3.63, 3.8) is 0 Å². The van der Waals surface area contributed by atoms with Gasteiger partial charge in [0, 0.05) is 114 Å². The van der Waals surface area contributed by atoms with Gasteiger partial charge in [0.2, 0.25) is 11.8 Å². The molecular formula is C53H56FN13O5. The largest absolute Gasteiger partial charge is 0.467 e. The van der Waals surface area contributed by atoms with Crippen molar-refractivity contribution >= 4 is 51.6 Å². The number of amides is 4. The number of methoxy groups -OCH3 is 1. The van der Waals surface area contributed by atoms with E-state index in [0.717, 1.165) is 91.2 Å². The SMILES string of the molecule is CCc1c(-c2ccc(-n3c(OC)nn(C)c3=O)cc2-c2ccc(N3CCC(N4CCN(c5cccc6c(C7CCC(=O)NC7=O)nn(C)c56)CC4)CC3)cc2F)ccnc1N1CCN(c2cccnc2)C1=O. The summed E-state index contributed by atoms with van der Waals surface area (Å²) in [4.78, 5) is 71.6. The lowest BCUT2D eigenvalue weighted by atomic mass is 9.90. The smallest absolute Gasteiger partial charge is 0.353 e. The first-order valence-electron chi connectivity index (χ1n) is 24.7. The van der Waals surface area contributed by atoms with Gasteiger partial charge in [0.1, 0.15) is 11.6 Å². The van der Waals surface area contributed by atoms with Crippen LogP contribution in [0, 0.1) is 5.82 Å². The zero-order valence-corrected chi connectivity index (χ0v) is 40.8. The van der Waals surface area contributed by atoms with Crippen LogP contribution in [-0.2, 0) is 30.1 Å². The second-order valence-electron chi connectivity index (χ2n) is 18.9. The van der Waals surface area contributed by atoms with Gasteiger partial charge in [-0.3, -0.25) is 39.3 Å². The third-order valence-electron chi connectivity index (χ3n) is 14.9. The summed E-state index contributed by atoms with van der Waals surface area (Å²) in [7, 11) is 4.92. The molecule has 8 heterocycles. The number of piperazine rings is 1. The van der Waals surface area contributed by atoms with E-state index < -0.39 is 17.4 Å². The molecule has 18 nitrogen and oxygen atoms in total. The maximum Gasteiger partial charge on any atom is 0.353 e. The molecule has 0 spiro atoms. The minimum Gasteiger partial charge on any atom is -0.467 e. The second kappa shape index (κ2) is 19.0. The number of carbonyl (C=O) groups excluding carboxylic acids is 3. The van der Waals surface area contributed by atoms with Gasteiger partial charge in [-0.05, 0) is 97.0 Å². The van der Waals surface area contributed by atoms with E-state index in [1.807, 2.05) is 61.1 Å². The van der Waals surface area contributed by atoms with Gasteiger partial charge in [0.25, 0.3) is 0 Å². The lowest BCUT2D eigenvalue weighted by Gasteiger charge is -2.44. The molecule has 0 aliphatic carbocycles. The van der Waals surface area contributed by atoms with Gasteiger partial charge in [-0.1, -0.05) is 25.1 Å². The molecule has 4 aromatic heterocycles. The van der Waals surface area contributed by atoms with Crippen molar-refractivity contribution < 1.29 is 23.5 Å². The first-order chi connectivity index (χ1) is 35.0. The first-order valence-corrected chi connectivity index (χ1v) is 24.7. The van der Waals surface area contributed by atoms with Crippen molar-refractivity contribution in [2.75, 3.05) is 79.1 Å². The third-order valence-corrected chi connectivity index (χ3v) is 14.9. The lowest BCUT2D eigenvalue weighted by Crippen LogP contribution is -2.53. The Morgan fingerprint density at radius 3 is 2.24 bits per heavy atom. The van der Waals surface area contributed by atoms with Crippen LogP contribution in [0.25, 0.3) is 38.8 Å². The minimum atomic E-state index is -0.456. The van der Waals surface area contributed by atoms with Gasteiger partial charge in [0.15, 0.2) is 0 Å². The molecule has 4 aliphatic heterocycles. The standard InChI is InChI=1S/C53H56FN13O5/c1-5-37-39(17-21-56-49(37)66-29-28-65(53(66)71)36-8-7-20-55-32-36)38-13-12-35(67-51(72-4)59-61(3)52(67)70)30-43(38)40-14-11-34(31-44(40)54)62-22-18-33(19-23-62)63-24-26-64(27-25-63)45-10-6-9-41-47(58-60(2)48(41)45)42-15-16-46(68)57-50(42)69/h6-14,17,20-21,30-33,42H,5,15-16,18-19,22-29H2,1-4H3,(H,57,68,69). The monoisotopic (exact) mass is 973 g/mol. The Balaban J connectivity index is 0.825. The quantitative estimate of drug-likeness (QED) is 0.149. The van der Waals surface area contributed by atoms with Crippen LogP contribution in [0.2, 0.25) is 0 Å². The number of hydrogen-bond acceptors (Lipinski definition) is 12. The molecule has 3 aromatic carbocycles. The van der Waals surface area contributed by atoms with Gasteiger partial charge in [-0.2, -0.15) is 5.10 Å². The molecule has 4 fully saturated rings. The lowest BCUT2D eigenvalue weighted by molar-refractivity contribution is -0.134. The van der Waals surface area contributed by atoms with Crippen LogP contribution in [0.3, 0.4) is 0 Å². The fraction of sp³-hybridized carbons (Fsp3) is 0.358. The van der Waals surface area contributed by atoms with E-state index in [1.165, 1.54) is 16.4 Å². The fourth-order valence-electron chi connectivity index (χ4n) is 11.3. The van der Waals surface area contributed by atoms with E-state index in [0.29, 0.717) is 72.3 Å². The Hall–Kier alpha value is -7.93. The normalized spacial score (nSPS) is 18.2. The molecule has 0 radical (unpaired) electrons. The number of imide groups is 1. The highest BCUT2D eigenvalue weighted by molar-refractivity contribution is 6.07. The van der Waals surface area contributed by atoms with Crippen LogP contribution in [0.15, 0.2) is 96.2 Å². The number of rotatable bonds is 11. The zero-order chi connectivity index (χ0) is 49.8. The first kappa shape index (κ1) is 46.5. The number of urea groups is 1. The van der Waals surface area contributed by atoms with Gasteiger partial charge in [0.05, 0.1) is 47.5 Å². The summed E-state index contributed by atoms with van der Waals surface area (Å²) in [5.74, 6) is -0.846. The van der Waals surface area contributed by atoms with Crippen molar-refractivity contribution in [2.24, 2.45) is 14.1 Å². The molecule has 4 saturated heterocycles. The highest BCUT2D eigenvalue weighted by atomic mass is 19.1. The number of piperidine rings is 2. The van der Waals surface area contributed by atoms with E-state index in [9.17, 15) is 19.2 Å². The van der Waals surface area contributed by atoms with Crippen LogP contribution in [0.1, 0.15) is 49.8 Å². The van der Waals surface area contributed by atoms with Crippen LogP contribution < -0.4 is 35.3 Å². The molecule has 1 atom stereocenters. The fourth-order valence-corrected chi connectivity index (χ4v) is 11.3. The molecule has 370 valence electrons. The Kier molecular flexibility index (Phi) is 12.3. The predicted molar refractivity (Wildman–Crippen MR) is 273 cm³/mol. The maximum atomic E-state index is 17.0. The zero-order valence-electron chi connectivity index (χ0n) is 40.8. The summed E-state index contributed by atoms with van der Waals surface area (Å²) in [6, 6.07) is 22.9. The van der Waals surface area contributed by atoms with Gasteiger partial charge >= 0.3 is 17.7 Å². The van der Waals surface area contributed by atoms with E-state index in [2.05, 4.69) is 36.2 Å². The predicted octanol–water partition coefficient (Wildman–Crippen LogP) is 6.05. The van der Waals surface area contributed by atoms with E-state index in [-0.39, 0.29) is 23.9 Å². The van der Waals surface area contributed by atoms with Crippen LogP contribution >= 0.6 is 0 Å². The third kappa shape index (κ3) is 8.20. The summed E-state index contributed by atoms with van der Waals surface area (Å²) in [6.07, 6.45) is 8.20. The number of aromatic nitrogens is 7. The average Bonchev–Trinajstić information content (AvgIpc) is 4.06. The number of nitrogens with zero attached hydrogens (tertiary/aromatic N) is 12. The second-order valence-corrected chi connectivity index (χ2v) is 18.9. The molecule has 7 aromatic rings. The number of ether oxygens (including phenoxy) is 1. The Labute approximate surface area is 415 Å². The molecule has 11 rings (SSSR count). The number of anilines is 4. The number of hydrogen-bond donors (Lipinski definition) is 1. The van der Waals surface area contributed by atoms with Gasteiger partial charge in [-0.15, -0.1) is 5.10 Å². The van der Waals surface area contributed by atoms with E-state index in [1.54, 1.807) is 59.7 Å².